The number of hydrogen-bond donors (Lipinski definition) is 0. The van der Waals surface area contributed by atoms with Crippen molar-refractivity contribution >= 4 is 5.91 Å². The lowest BCUT2D eigenvalue weighted by Gasteiger charge is -2.20. The van der Waals surface area contributed by atoms with Crippen LogP contribution in [-0.2, 0) is 11.3 Å². The minimum Gasteiger partial charge on any atom is -0.339 e. The maximum absolute atomic E-state index is 11.3. The summed E-state index contributed by atoms with van der Waals surface area (Å²) in [5, 5.41) is 0. The summed E-state index contributed by atoms with van der Waals surface area (Å²) in [4.78, 5) is 13.2. The highest BCUT2D eigenvalue weighted by Crippen LogP contribution is 2.07. The van der Waals surface area contributed by atoms with Gasteiger partial charge in [-0.1, -0.05) is 36.8 Å². The quantitative estimate of drug-likeness (QED) is 0.740. The molecule has 0 atom stereocenters. The summed E-state index contributed by atoms with van der Waals surface area (Å²) < 4.78 is 0. The topological polar surface area (TPSA) is 20.3 Å². The SMILES string of the molecule is CCCN(Cc1ccc(C)cc1)C(C)=O. The summed E-state index contributed by atoms with van der Waals surface area (Å²) >= 11 is 0. The van der Waals surface area contributed by atoms with Gasteiger partial charge in [0.05, 0.1) is 0 Å². The van der Waals surface area contributed by atoms with E-state index in [-0.39, 0.29) is 5.91 Å². The molecular weight excluding hydrogens is 186 g/mol. The van der Waals surface area contributed by atoms with Gasteiger partial charge in [-0.15, -0.1) is 0 Å². The molecule has 0 spiro atoms. The van der Waals surface area contributed by atoms with E-state index >= 15 is 0 Å². The van der Waals surface area contributed by atoms with E-state index in [0.29, 0.717) is 0 Å². The molecule has 0 fully saturated rings. The molecule has 0 radical (unpaired) electrons. The lowest BCUT2D eigenvalue weighted by Crippen LogP contribution is -2.28. The molecule has 0 aromatic heterocycles. The summed E-state index contributed by atoms with van der Waals surface area (Å²) in [6.45, 7) is 7.35. The molecule has 1 amide bonds. The zero-order valence-corrected chi connectivity index (χ0v) is 9.79. The zero-order valence-electron chi connectivity index (χ0n) is 9.79. The Balaban J connectivity index is 2.65. The first-order chi connectivity index (χ1) is 7.13. The Morgan fingerprint density at radius 2 is 1.87 bits per heavy atom. The summed E-state index contributed by atoms with van der Waals surface area (Å²) in [7, 11) is 0. The van der Waals surface area contributed by atoms with Crippen molar-refractivity contribution in [3.05, 3.63) is 35.4 Å². The third kappa shape index (κ3) is 3.74. The van der Waals surface area contributed by atoms with Crippen LogP contribution in [0.2, 0.25) is 0 Å². The van der Waals surface area contributed by atoms with E-state index in [2.05, 4.69) is 38.1 Å². The Kier molecular flexibility index (Phi) is 4.35. The Bertz CT molecular complexity index is 316. The number of carbonyl (C=O) groups is 1. The molecule has 2 heteroatoms. The average Bonchev–Trinajstić information content (AvgIpc) is 2.20. The first-order valence-corrected chi connectivity index (χ1v) is 5.44. The van der Waals surface area contributed by atoms with E-state index in [1.54, 1.807) is 6.92 Å². The lowest BCUT2D eigenvalue weighted by molar-refractivity contribution is -0.129. The molecule has 82 valence electrons. The Labute approximate surface area is 91.9 Å². The second-order valence-corrected chi connectivity index (χ2v) is 3.93. The van der Waals surface area contributed by atoms with Crippen molar-refractivity contribution < 1.29 is 4.79 Å². The summed E-state index contributed by atoms with van der Waals surface area (Å²) in [6, 6.07) is 8.33. The smallest absolute Gasteiger partial charge is 0.219 e. The van der Waals surface area contributed by atoms with E-state index in [1.165, 1.54) is 11.1 Å². The summed E-state index contributed by atoms with van der Waals surface area (Å²) in [5.74, 6) is 0.150. The van der Waals surface area contributed by atoms with Gasteiger partial charge in [0.2, 0.25) is 5.91 Å². The van der Waals surface area contributed by atoms with E-state index in [1.807, 2.05) is 4.90 Å². The van der Waals surface area contributed by atoms with Crippen LogP contribution in [0, 0.1) is 6.92 Å². The number of benzene rings is 1. The largest absolute Gasteiger partial charge is 0.339 e. The Morgan fingerprint density at radius 3 is 2.33 bits per heavy atom. The van der Waals surface area contributed by atoms with Crippen LogP contribution in [0.25, 0.3) is 0 Å². The molecule has 0 saturated carbocycles. The highest BCUT2D eigenvalue weighted by molar-refractivity contribution is 5.73. The number of aryl methyl sites for hydroxylation is 1. The van der Waals surface area contributed by atoms with Gasteiger partial charge < -0.3 is 4.90 Å². The van der Waals surface area contributed by atoms with Crippen molar-refractivity contribution in [1.82, 2.24) is 4.90 Å². The highest BCUT2D eigenvalue weighted by Gasteiger charge is 2.07. The number of rotatable bonds is 4. The van der Waals surface area contributed by atoms with Crippen LogP contribution < -0.4 is 0 Å². The van der Waals surface area contributed by atoms with Crippen LogP contribution in [-0.4, -0.2) is 17.4 Å². The van der Waals surface area contributed by atoms with Gasteiger partial charge in [-0.2, -0.15) is 0 Å². The van der Waals surface area contributed by atoms with Crippen LogP contribution >= 0.6 is 0 Å². The minimum atomic E-state index is 0.150. The Hall–Kier alpha value is -1.31. The molecule has 1 aromatic rings. The molecule has 0 saturated heterocycles. The third-order valence-electron chi connectivity index (χ3n) is 2.43. The fourth-order valence-corrected chi connectivity index (χ4v) is 1.53. The molecule has 0 heterocycles. The normalized spacial score (nSPS) is 10.1. The van der Waals surface area contributed by atoms with Gasteiger partial charge >= 0.3 is 0 Å². The minimum absolute atomic E-state index is 0.150. The summed E-state index contributed by atoms with van der Waals surface area (Å²) in [6.07, 6.45) is 1.01. The number of amides is 1. The van der Waals surface area contributed by atoms with Gasteiger partial charge in [-0.25, -0.2) is 0 Å². The van der Waals surface area contributed by atoms with Gasteiger partial charge in [-0.3, -0.25) is 4.79 Å². The van der Waals surface area contributed by atoms with Crippen LogP contribution in [0.3, 0.4) is 0 Å². The standard InChI is InChI=1S/C13H19NO/c1-4-9-14(12(3)15)10-13-7-5-11(2)6-8-13/h5-8H,4,9-10H2,1-3H3. The molecule has 0 aliphatic carbocycles. The fourth-order valence-electron chi connectivity index (χ4n) is 1.53. The zero-order chi connectivity index (χ0) is 11.3. The molecular formula is C13H19NO. The first kappa shape index (κ1) is 11.8. The number of carbonyl (C=O) groups excluding carboxylic acids is 1. The molecule has 0 N–H and O–H groups in total. The Morgan fingerprint density at radius 1 is 1.27 bits per heavy atom. The average molecular weight is 205 g/mol. The van der Waals surface area contributed by atoms with E-state index in [9.17, 15) is 4.79 Å². The molecule has 2 nitrogen and oxygen atoms in total. The van der Waals surface area contributed by atoms with Crippen molar-refractivity contribution in [3.8, 4) is 0 Å². The predicted molar refractivity (Wildman–Crippen MR) is 62.6 cm³/mol. The van der Waals surface area contributed by atoms with Crippen molar-refractivity contribution in [2.75, 3.05) is 6.54 Å². The van der Waals surface area contributed by atoms with Crippen LogP contribution in [0.15, 0.2) is 24.3 Å². The number of nitrogens with zero attached hydrogens (tertiary/aromatic N) is 1. The predicted octanol–water partition coefficient (Wildman–Crippen LogP) is 2.75. The second-order valence-electron chi connectivity index (χ2n) is 3.93. The van der Waals surface area contributed by atoms with Gasteiger partial charge in [-0.05, 0) is 18.9 Å². The van der Waals surface area contributed by atoms with E-state index < -0.39 is 0 Å². The van der Waals surface area contributed by atoms with Crippen molar-refractivity contribution in [1.29, 1.82) is 0 Å². The van der Waals surface area contributed by atoms with Crippen molar-refractivity contribution in [2.45, 2.75) is 33.7 Å². The summed E-state index contributed by atoms with van der Waals surface area (Å²) in [5.41, 5.74) is 2.45. The van der Waals surface area contributed by atoms with Crippen LogP contribution in [0.1, 0.15) is 31.4 Å². The monoisotopic (exact) mass is 205 g/mol. The molecule has 15 heavy (non-hydrogen) atoms. The maximum Gasteiger partial charge on any atom is 0.219 e. The lowest BCUT2D eigenvalue weighted by atomic mass is 10.1. The highest BCUT2D eigenvalue weighted by atomic mass is 16.2. The van der Waals surface area contributed by atoms with Crippen molar-refractivity contribution in [3.63, 3.8) is 0 Å². The van der Waals surface area contributed by atoms with Crippen molar-refractivity contribution in [2.24, 2.45) is 0 Å². The van der Waals surface area contributed by atoms with Gasteiger partial charge in [0.25, 0.3) is 0 Å². The molecule has 0 unspecified atom stereocenters. The van der Waals surface area contributed by atoms with Crippen LogP contribution in [0.5, 0.6) is 0 Å². The van der Waals surface area contributed by atoms with E-state index in [0.717, 1.165) is 19.5 Å². The fraction of sp³-hybridized carbons (Fsp3) is 0.462. The van der Waals surface area contributed by atoms with Gasteiger partial charge in [0.1, 0.15) is 0 Å². The van der Waals surface area contributed by atoms with Gasteiger partial charge in [0, 0.05) is 20.0 Å². The second kappa shape index (κ2) is 5.54. The third-order valence-corrected chi connectivity index (χ3v) is 2.43. The maximum atomic E-state index is 11.3. The molecule has 0 aliphatic heterocycles. The molecule has 1 rings (SSSR count). The van der Waals surface area contributed by atoms with E-state index in [4.69, 9.17) is 0 Å². The number of hydrogen-bond acceptors (Lipinski definition) is 1. The molecule has 0 aliphatic rings. The molecule has 1 aromatic carbocycles. The van der Waals surface area contributed by atoms with Crippen LogP contribution in [0.4, 0.5) is 0 Å². The first-order valence-electron chi connectivity index (χ1n) is 5.44. The van der Waals surface area contributed by atoms with Gasteiger partial charge in [0.15, 0.2) is 0 Å². The molecule has 0 bridgehead atoms.